The highest BCUT2D eigenvalue weighted by Crippen LogP contribution is 2.38. The van der Waals surface area contributed by atoms with Crippen LogP contribution in [-0.4, -0.2) is 32.2 Å². The summed E-state index contributed by atoms with van der Waals surface area (Å²) in [4.78, 5) is 8.89. The Bertz CT molecular complexity index is 451. The fraction of sp³-hybridized carbons (Fsp3) is 0.667. The van der Waals surface area contributed by atoms with Crippen molar-refractivity contribution in [3.05, 3.63) is 16.5 Å². The third-order valence-corrected chi connectivity index (χ3v) is 4.85. The molecule has 4 nitrogen and oxygen atoms in total. The summed E-state index contributed by atoms with van der Waals surface area (Å²) in [6.45, 7) is 2.79. The quantitative estimate of drug-likeness (QED) is 0.814. The van der Waals surface area contributed by atoms with Crippen molar-refractivity contribution in [3.63, 3.8) is 0 Å². The van der Waals surface area contributed by atoms with Crippen molar-refractivity contribution in [1.29, 1.82) is 0 Å². The van der Waals surface area contributed by atoms with Crippen molar-refractivity contribution >= 4 is 32.5 Å². The molecule has 0 aliphatic heterocycles. The van der Waals surface area contributed by atoms with Gasteiger partial charge in [0.15, 0.2) is 0 Å². The van der Waals surface area contributed by atoms with Crippen molar-refractivity contribution in [3.8, 4) is 0 Å². The standard InChI is InChI=1S/C12H18BrN3OS/c1-8(18(2)17)5-6-14-11-7-10(13)15-12(16-11)9-3-4-9/h7-9H,3-6H2,1-2H3,(H,14,15,16). The van der Waals surface area contributed by atoms with E-state index >= 15 is 0 Å². The first-order valence-corrected chi connectivity index (χ1v) is 8.58. The minimum absolute atomic E-state index is 0.214. The van der Waals surface area contributed by atoms with Crippen LogP contribution in [0.2, 0.25) is 0 Å². The molecule has 1 aromatic rings. The Hall–Kier alpha value is -0.490. The Kier molecular flexibility index (Phi) is 4.72. The number of nitrogens with one attached hydrogen (secondary N) is 1. The van der Waals surface area contributed by atoms with E-state index in [1.165, 1.54) is 12.8 Å². The minimum Gasteiger partial charge on any atom is -0.370 e. The fourth-order valence-electron chi connectivity index (χ4n) is 1.62. The predicted molar refractivity (Wildman–Crippen MR) is 78.3 cm³/mol. The molecule has 2 atom stereocenters. The normalized spacial score (nSPS) is 18.4. The van der Waals surface area contributed by atoms with Crippen LogP contribution in [0.25, 0.3) is 0 Å². The fourth-order valence-corrected chi connectivity index (χ4v) is 2.47. The first kappa shape index (κ1) is 13.9. The molecule has 1 aliphatic rings. The summed E-state index contributed by atoms with van der Waals surface area (Å²) < 4.78 is 12.1. The highest BCUT2D eigenvalue weighted by Gasteiger charge is 2.27. The molecule has 1 N–H and O–H groups in total. The van der Waals surface area contributed by atoms with Crippen LogP contribution in [0.3, 0.4) is 0 Å². The van der Waals surface area contributed by atoms with Crippen LogP contribution in [0.4, 0.5) is 5.82 Å². The largest absolute Gasteiger partial charge is 0.370 e. The zero-order valence-corrected chi connectivity index (χ0v) is 13.1. The lowest BCUT2D eigenvalue weighted by Gasteiger charge is -2.10. The van der Waals surface area contributed by atoms with Crippen LogP contribution in [0, 0.1) is 0 Å². The molecule has 100 valence electrons. The van der Waals surface area contributed by atoms with E-state index in [9.17, 15) is 4.21 Å². The second-order valence-electron chi connectivity index (χ2n) is 4.73. The molecule has 0 radical (unpaired) electrons. The maximum atomic E-state index is 11.2. The molecule has 1 heterocycles. The van der Waals surface area contributed by atoms with Crippen molar-refractivity contribution in [2.45, 2.75) is 37.4 Å². The molecule has 1 fully saturated rings. The Morgan fingerprint density at radius 2 is 2.28 bits per heavy atom. The molecule has 1 aliphatic carbocycles. The van der Waals surface area contributed by atoms with Gasteiger partial charge >= 0.3 is 0 Å². The zero-order chi connectivity index (χ0) is 13.1. The summed E-state index contributed by atoms with van der Waals surface area (Å²) in [5.74, 6) is 2.33. The molecule has 6 heteroatoms. The van der Waals surface area contributed by atoms with Gasteiger partial charge in [0, 0.05) is 40.8 Å². The van der Waals surface area contributed by atoms with Gasteiger partial charge in [0.2, 0.25) is 0 Å². The van der Waals surface area contributed by atoms with Gasteiger partial charge in [0.1, 0.15) is 16.2 Å². The van der Waals surface area contributed by atoms with Gasteiger partial charge in [-0.1, -0.05) is 6.92 Å². The van der Waals surface area contributed by atoms with Gasteiger partial charge in [-0.25, -0.2) is 9.97 Å². The summed E-state index contributed by atoms with van der Waals surface area (Å²) in [7, 11) is -0.756. The molecular formula is C12H18BrN3OS. The molecule has 2 rings (SSSR count). The summed E-state index contributed by atoms with van der Waals surface area (Å²) >= 11 is 3.41. The Labute approximate surface area is 119 Å². The molecule has 0 aromatic carbocycles. The average molecular weight is 332 g/mol. The Morgan fingerprint density at radius 3 is 2.89 bits per heavy atom. The molecule has 1 aromatic heterocycles. The van der Waals surface area contributed by atoms with Gasteiger partial charge in [-0.3, -0.25) is 4.21 Å². The van der Waals surface area contributed by atoms with Crippen LogP contribution >= 0.6 is 15.9 Å². The first-order valence-electron chi connectivity index (χ1n) is 6.17. The number of hydrogen-bond acceptors (Lipinski definition) is 4. The van der Waals surface area contributed by atoms with Gasteiger partial charge in [-0.15, -0.1) is 0 Å². The molecule has 18 heavy (non-hydrogen) atoms. The number of halogens is 1. The first-order chi connectivity index (χ1) is 8.56. The lowest BCUT2D eigenvalue weighted by Crippen LogP contribution is -2.15. The molecule has 0 spiro atoms. The SMILES string of the molecule is CC(CCNc1cc(Br)nc(C2CC2)n1)S(C)=O. The zero-order valence-electron chi connectivity index (χ0n) is 10.6. The van der Waals surface area contributed by atoms with Gasteiger partial charge in [-0.2, -0.15) is 0 Å². The second-order valence-corrected chi connectivity index (χ2v) is 7.35. The minimum atomic E-state index is -0.756. The van der Waals surface area contributed by atoms with Crippen molar-refractivity contribution < 1.29 is 4.21 Å². The summed E-state index contributed by atoms with van der Waals surface area (Å²) in [6.07, 6.45) is 5.02. The van der Waals surface area contributed by atoms with Crippen LogP contribution in [0.15, 0.2) is 10.7 Å². The second kappa shape index (κ2) is 6.10. The van der Waals surface area contributed by atoms with E-state index in [2.05, 4.69) is 31.2 Å². The Balaban J connectivity index is 1.90. The van der Waals surface area contributed by atoms with Crippen LogP contribution in [-0.2, 0) is 10.8 Å². The van der Waals surface area contributed by atoms with Crippen molar-refractivity contribution in [2.24, 2.45) is 0 Å². The number of nitrogens with zero attached hydrogens (tertiary/aromatic N) is 2. The molecule has 2 unspecified atom stereocenters. The number of hydrogen-bond donors (Lipinski definition) is 1. The van der Waals surface area contributed by atoms with E-state index < -0.39 is 10.8 Å². The van der Waals surface area contributed by atoms with E-state index in [4.69, 9.17) is 0 Å². The van der Waals surface area contributed by atoms with E-state index in [1.807, 2.05) is 13.0 Å². The molecule has 0 amide bonds. The third kappa shape index (κ3) is 4.02. The van der Waals surface area contributed by atoms with E-state index in [-0.39, 0.29) is 5.25 Å². The van der Waals surface area contributed by atoms with E-state index in [1.54, 1.807) is 6.26 Å². The van der Waals surface area contributed by atoms with E-state index in [0.717, 1.165) is 29.2 Å². The highest BCUT2D eigenvalue weighted by atomic mass is 79.9. The summed E-state index contributed by atoms with van der Waals surface area (Å²) in [6, 6.07) is 1.89. The third-order valence-electron chi connectivity index (χ3n) is 3.08. The lowest BCUT2D eigenvalue weighted by molar-refractivity contribution is 0.672. The average Bonchev–Trinajstić information content (AvgIpc) is 3.11. The predicted octanol–water partition coefficient (Wildman–Crippen LogP) is 2.69. The van der Waals surface area contributed by atoms with Crippen LogP contribution in [0.5, 0.6) is 0 Å². The molecule has 0 bridgehead atoms. The molecule has 0 saturated heterocycles. The summed E-state index contributed by atoms with van der Waals surface area (Å²) in [5, 5.41) is 3.49. The maximum absolute atomic E-state index is 11.2. The smallest absolute Gasteiger partial charge is 0.135 e. The van der Waals surface area contributed by atoms with Crippen molar-refractivity contribution in [2.75, 3.05) is 18.1 Å². The van der Waals surface area contributed by atoms with Gasteiger partial charge < -0.3 is 5.32 Å². The molecular weight excluding hydrogens is 314 g/mol. The van der Waals surface area contributed by atoms with Crippen LogP contribution in [0.1, 0.15) is 37.9 Å². The van der Waals surface area contributed by atoms with Gasteiger partial charge in [0.05, 0.1) is 0 Å². The topological polar surface area (TPSA) is 54.9 Å². The van der Waals surface area contributed by atoms with Crippen molar-refractivity contribution in [1.82, 2.24) is 9.97 Å². The number of aromatic nitrogens is 2. The summed E-state index contributed by atoms with van der Waals surface area (Å²) in [5.41, 5.74) is 0. The molecule has 1 saturated carbocycles. The van der Waals surface area contributed by atoms with E-state index in [0.29, 0.717) is 5.92 Å². The lowest BCUT2D eigenvalue weighted by atomic mass is 10.3. The monoisotopic (exact) mass is 331 g/mol. The number of rotatable bonds is 6. The van der Waals surface area contributed by atoms with Crippen LogP contribution < -0.4 is 5.32 Å². The maximum Gasteiger partial charge on any atom is 0.135 e. The van der Waals surface area contributed by atoms with Gasteiger partial charge in [-0.05, 0) is 35.2 Å². The highest BCUT2D eigenvalue weighted by molar-refractivity contribution is 9.10. The van der Waals surface area contributed by atoms with Gasteiger partial charge in [0.25, 0.3) is 0 Å². The number of anilines is 1. The Morgan fingerprint density at radius 1 is 1.56 bits per heavy atom.